The van der Waals surface area contributed by atoms with Crippen molar-refractivity contribution in [2.75, 3.05) is 19.8 Å². The highest BCUT2D eigenvalue weighted by Crippen LogP contribution is 2.02. The number of amides is 1. The summed E-state index contributed by atoms with van der Waals surface area (Å²) < 4.78 is 5.24. The molecule has 0 saturated carbocycles. The van der Waals surface area contributed by atoms with Crippen LogP contribution >= 0.6 is 0 Å². The standard InChI is InChI=1S/C11H24N2O2/c1-4-6-15-7-5-13-11(14)10(12)8-9(2)3/h9-10H,4-8,12H2,1-3H3,(H,13,14)/t10-/m0/s1. The van der Waals surface area contributed by atoms with Gasteiger partial charge in [0.1, 0.15) is 0 Å². The van der Waals surface area contributed by atoms with Crippen LogP contribution in [-0.4, -0.2) is 31.7 Å². The average molecular weight is 216 g/mol. The summed E-state index contributed by atoms with van der Waals surface area (Å²) in [4.78, 5) is 11.4. The van der Waals surface area contributed by atoms with E-state index in [2.05, 4.69) is 26.1 Å². The molecule has 3 N–H and O–H groups in total. The van der Waals surface area contributed by atoms with Crippen molar-refractivity contribution in [3.8, 4) is 0 Å². The molecule has 15 heavy (non-hydrogen) atoms. The molecular weight excluding hydrogens is 192 g/mol. The zero-order valence-corrected chi connectivity index (χ0v) is 10.1. The van der Waals surface area contributed by atoms with Gasteiger partial charge >= 0.3 is 0 Å². The van der Waals surface area contributed by atoms with Crippen LogP contribution in [0, 0.1) is 5.92 Å². The predicted octanol–water partition coefficient (Wildman–Crippen LogP) is 0.903. The molecule has 0 aliphatic heterocycles. The summed E-state index contributed by atoms with van der Waals surface area (Å²) in [5.74, 6) is 0.367. The van der Waals surface area contributed by atoms with Gasteiger partial charge in [-0.15, -0.1) is 0 Å². The van der Waals surface area contributed by atoms with Gasteiger partial charge in [-0.05, 0) is 18.8 Å². The molecule has 1 atom stereocenters. The molecule has 0 bridgehead atoms. The Hall–Kier alpha value is -0.610. The van der Waals surface area contributed by atoms with Crippen LogP contribution < -0.4 is 11.1 Å². The summed E-state index contributed by atoms with van der Waals surface area (Å²) in [5, 5.41) is 2.76. The number of carbonyl (C=O) groups is 1. The lowest BCUT2D eigenvalue weighted by molar-refractivity contribution is -0.122. The molecule has 4 nitrogen and oxygen atoms in total. The first-order valence-electron chi connectivity index (χ1n) is 5.69. The van der Waals surface area contributed by atoms with Crippen molar-refractivity contribution in [2.24, 2.45) is 11.7 Å². The highest BCUT2D eigenvalue weighted by molar-refractivity contribution is 5.81. The second-order valence-electron chi connectivity index (χ2n) is 4.14. The summed E-state index contributed by atoms with van der Waals surface area (Å²) in [7, 11) is 0. The molecule has 0 rings (SSSR count). The maximum atomic E-state index is 11.4. The van der Waals surface area contributed by atoms with Crippen LogP contribution in [0.25, 0.3) is 0 Å². The third kappa shape index (κ3) is 8.39. The molecule has 0 aliphatic carbocycles. The number of rotatable bonds is 8. The zero-order valence-electron chi connectivity index (χ0n) is 10.1. The number of nitrogens with two attached hydrogens (primary N) is 1. The first-order valence-corrected chi connectivity index (χ1v) is 5.69. The molecule has 0 spiro atoms. The second kappa shape index (κ2) is 8.68. The molecule has 0 aromatic carbocycles. The van der Waals surface area contributed by atoms with Gasteiger partial charge in [0.2, 0.25) is 5.91 Å². The third-order valence-corrected chi connectivity index (χ3v) is 1.96. The van der Waals surface area contributed by atoms with E-state index < -0.39 is 6.04 Å². The maximum Gasteiger partial charge on any atom is 0.237 e. The van der Waals surface area contributed by atoms with E-state index in [0.717, 1.165) is 19.4 Å². The fourth-order valence-electron chi connectivity index (χ4n) is 1.24. The van der Waals surface area contributed by atoms with E-state index in [4.69, 9.17) is 10.5 Å². The highest BCUT2D eigenvalue weighted by atomic mass is 16.5. The van der Waals surface area contributed by atoms with Gasteiger partial charge in [0.15, 0.2) is 0 Å². The summed E-state index contributed by atoms with van der Waals surface area (Å²) in [5.41, 5.74) is 5.71. The lowest BCUT2D eigenvalue weighted by Crippen LogP contribution is -2.42. The first kappa shape index (κ1) is 14.4. The van der Waals surface area contributed by atoms with Gasteiger partial charge in [0.05, 0.1) is 12.6 Å². The first-order chi connectivity index (χ1) is 7.07. The number of hydrogen-bond donors (Lipinski definition) is 2. The van der Waals surface area contributed by atoms with Gasteiger partial charge in [-0.2, -0.15) is 0 Å². The van der Waals surface area contributed by atoms with Gasteiger partial charge < -0.3 is 15.8 Å². The Balaban J connectivity index is 3.47. The van der Waals surface area contributed by atoms with E-state index in [-0.39, 0.29) is 5.91 Å². The number of nitrogens with one attached hydrogen (secondary N) is 1. The van der Waals surface area contributed by atoms with Crippen LogP contribution in [0.2, 0.25) is 0 Å². The summed E-state index contributed by atoms with van der Waals surface area (Å²) in [6.07, 6.45) is 1.72. The van der Waals surface area contributed by atoms with Crippen LogP contribution in [0.15, 0.2) is 0 Å². The van der Waals surface area contributed by atoms with Gasteiger partial charge in [-0.3, -0.25) is 4.79 Å². The molecule has 0 aromatic heterocycles. The fourth-order valence-corrected chi connectivity index (χ4v) is 1.24. The SMILES string of the molecule is CCCOCCNC(=O)[C@@H](N)CC(C)C. The molecule has 1 amide bonds. The highest BCUT2D eigenvalue weighted by Gasteiger charge is 2.13. The van der Waals surface area contributed by atoms with Crippen LogP contribution in [-0.2, 0) is 9.53 Å². The Labute approximate surface area is 92.6 Å². The van der Waals surface area contributed by atoms with Crippen LogP contribution in [0.3, 0.4) is 0 Å². The van der Waals surface area contributed by atoms with Crippen molar-refractivity contribution in [1.82, 2.24) is 5.32 Å². The molecule has 0 aromatic rings. The lowest BCUT2D eigenvalue weighted by Gasteiger charge is -2.14. The minimum absolute atomic E-state index is 0.0798. The van der Waals surface area contributed by atoms with Crippen molar-refractivity contribution in [3.63, 3.8) is 0 Å². The Bertz CT molecular complexity index is 172. The van der Waals surface area contributed by atoms with E-state index in [1.165, 1.54) is 0 Å². The van der Waals surface area contributed by atoms with Crippen LogP contribution in [0.4, 0.5) is 0 Å². The predicted molar refractivity (Wildman–Crippen MR) is 61.6 cm³/mol. The lowest BCUT2D eigenvalue weighted by atomic mass is 10.0. The largest absolute Gasteiger partial charge is 0.380 e. The molecular formula is C11H24N2O2. The van der Waals surface area contributed by atoms with Gasteiger partial charge in [-0.25, -0.2) is 0 Å². The summed E-state index contributed by atoms with van der Waals surface area (Å²) in [6, 6.07) is -0.392. The zero-order chi connectivity index (χ0) is 11.7. The fraction of sp³-hybridized carbons (Fsp3) is 0.909. The maximum absolute atomic E-state index is 11.4. The van der Waals surface area contributed by atoms with E-state index in [1.807, 2.05) is 0 Å². The van der Waals surface area contributed by atoms with Gasteiger partial charge in [0, 0.05) is 13.2 Å². The Morgan fingerprint density at radius 3 is 2.60 bits per heavy atom. The van der Waals surface area contributed by atoms with Crippen LogP contribution in [0.1, 0.15) is 33.6 Å². The quantitative estimate of drug-likeness (QED) is 0.593. The van der Waals surface area contributed by atoms with Crippen molar-refractivity contribution in [2.45, 2.75) is 39.7 Å². The van der Waals surface area contributed by atoms with Crippen LogP contribution in [0.5, 0.6) is 0 Å². The third-order valence-electron chi connectivity index (χ3n) is 1.96. The molecule has 0 saturated heterocycles. The number of ether oxygens (including phenoxy) is 1. The molecule has 0 unspecified atom stereocenters. The molecule has 0 fully saturated rings. The Kier molecular flexibility index (Phi) is 8.33. The summed E-state index contributed by atoms with van der Waals surface area (Å²) >= 11 is 0. The topological polar surface area (TPSA) is 64.3 Å². The van der Waals surface area contributed by atoms with Gasteiger partial charge in [-0.1, -0.05) is 20.8 Å². The van der Waals surface area contributed by atoms with Crippen molar-refractivity contribution in [3.05, 3.63) is 0 Å². The summed E-state index contributed by atoms with van der Waals surface area (Å²) in [6.45, 7) is 8.01. The molecule has 90 valence electrons. The second-order valence-corrected chi connectivity index (χ2v) is 4.14. The van der Waals surface area contributed by atoms with E-state index in [9.17, 15) is 4.79 Å². The molecule has 0 aliphatic rings. The van der Waals surface area contributed by atoms with E-state index >= 15 is 0 Å². The number of carbonyl (C=O) groups excluding carboxylic acids is 1. The minimum Gasteiger partial charge on any atom is -0.380 e. The van der Waals surface area contributed by atoms with E-state index in [1.54, 1.807) is 0 Å². The molecule has 0 radical (unpaired) electrons. The number of hydrogen-bond acceptors (Lipinski definition) is 3. The van der Waals surface area contributed by atoms with E-state index in [0.29, 0.717) is 19.1 Å². The van der Waals surface area contributed by atoms with Gasteiger partial charge in [0.25, 0.3) is 0 Å². The monoisotopic (exact) mass is 216 g/mol. The van der Waals surface area contributed by atoms with Crippen molar-refractivity contribution >= 4 is 5.91 Å². The average Bonchev–Trinajstić information content (AvgIpc) is 2.16. The minimum atomic E-state index is -0.392. The Morgan fingerprint density at radius 2 is 2.07 bits per heavy atom. The normalized spacial score (nSPS) is 12.9. The molecule has 0 heterocycles. The smallest absolute Gasteiger partial charge is 0.237 e. The molecule has 4 heteroatoms. The Morgan fingerprint density at radius 1 is 1.40 bits per heavy atom. The van der Waals surface area contributed by atoms with Crippen molar-refractivity contribution in [1.29, 1.82) is 0 Å². The van der Waals surface area contributed by atoms with Crippen molar-refractivity contribution < 1.29 is 9.53 Å².